The van der Waals surface area contributed by atoms with Crippen molar-refractivity contribution in [2.45, 2.75) is 134 Å². The van der Waals surface area contributed by atoms with Crippen LogP contribution in [0.4, 0.5) is 26.4 Å². The maximum atomic E-state index is 14.9. The third kappa shape index (κ3) is 20.7. The fourth-order valence-corrected chi connectivity index (χ4v) is 15.0. The van der Waals surface area contributed by atoms with E-state index >= 15 is 0 Å². The first-order valence-corrected chi connectivity index (χ1v) is 36.9. The van der Waals surface area contributed by atoms with Gasteiger partial charge in [0, 0.05) is 107 Å². The maximum absolute atomic E-state index is 14.9. The molecule has 2 aromatic heterocycles. The molecule has 0 aliphatic carbocycles. The third-order valence-electron chi connectivity index (χ3n) is 18.1. The number of piperidine rings is 1. The number of methoxy groups -OCH3 is 1. The number of anilines is 3. The van der Waals surface area contributed by atoms with Gasteiger partial charge in [0.15, 0.2) is 0 Å². The SMILES string of the molecule is COc1cc2cc(c1Cl)N(C)C(=O)C[C@H](OC(=O)[C@@H](C)N(C)C(=O)CCSSCCOCCOCCOCCOCCC(=O)NCCNc1ncc(-c3cc(C)cc(F)c3)c(N3CCC(N)CC3)c1-c1nc3ccc(Cl)cc3[nH]1)[C@@]1(C)CC(C)(O1)C1C[C@](O)(C/C=C/C=C(\C)C2)NC(=O)O1. The van der Waals surface area contributed by atoms with E-state index in [0.29, 0.717) is 130 Å². The molecule has 5 aromatic rings. The van der Waals surface area contributed by atoms with Crippen molar-refractivity contribution < 1.29 is 71.4 Å². The molecule has 7 heterocycles. The predicted molar refractivity (Wildman–Crippen MR) is 388 cm³/mol. The molecule has 2 unspecified atom stereocenters. The number of carbonyl (C=O) groups is 5. The van der Waals surface area contributed by atoms with Gasteiger partial charge in [0.25, 0.3) is 0 Å². The average Bonchev–Trinajstić information content (AvgIpc) is 0.790. The van der Waals surface area contributed by atoms with E-state index in [1.54, 1.807) is 75.2 Å². The van der Waals surface area contributed by atoms with E-state index in [4.69, 9.17) is 76.8 Å². The van der Waals surface area contributed by atoms with E-state index in [2.05, 4.69) is 25.8 Å². The van der Waals surface area contributed by atoms with Crippen molar-refractivity contribution in [1.82, 2.24) is 30.5 Å². The monoisotopic (exact) mass is 1460 g/mol. The first-order chi connectivity index (χ1) is 47.8. The van der Waals surface area contributed by atoms with Gasteiger partial charge in [-0.05, 0) is 113 Å². The molecule has 3 aromatic carbocycles. The molecule has 6 bridgehead atoms. The van der Waals surface area contributed by atoms with Gasteiger partial charge in [-0.25, -0.2) is 23.9 Å². The van der Waals surface area contributed by atoms with Gasteiger partial charge in [0.05, 0.1) is 94.4 Å². The summed E-state index contributed by atoms with van der Waals surface area (Å²) in [5.74, 6) is 0.637. The van der Waals surface area contributed by atoms with Crippen LogP contribution in [0.25, 0.3) is 33.5 Å². The number of amides is 4. The fourth-order valence-electron chi connectivity index (χ4n) is 12.7. The lowest BCUT2D eigenvalue weighted by Gasteiger charge is -2.59. The zero-order valence-electron chi connectivity index (χ0n) is 58.0. The molecule has 7 N–H and O–H groups in total. The maximum Gasteiger partial charge on any atom is 0.409 e. The molecule has 6 atom stereocenters. The number of nitrogens with zero attached hydrogens (tertiary/aromatic N) is 5. The Labute approximate surface area is 601 Å². The Morgan fingerprint density at radius 3 is 2.34 bits per heavy atom. The Hall–Kier alpha value is -6.76. The predicted octanol–water partition coefficient (Wildman–Crippen LogP) is 10.1. The fraction of sp³-hybridized carbons (Fsp3) is 0.535. The molecule has 100 heavy (non-hydrogen) atoms. The van der Waals surface area contributed by atoms with Crippen molar-refractivity contribution >= 4 is 103 Å². The van der Waals surface area contributed by atoms with E-state index < -0.39 is 53.1 Å². The smallest absolute Gasteiger partial charge is 0.409 e. The Bertz CT molecular complexity index is 3720. The minimum absolute atomic E-state index is 0.00114. The summed E-state index contributed by atoms with van der Waals surface area (Å²) < 4.78 is 61.7. The number of ether oxygens (including phenoxy) is 8. The van der Waals surface area contributed by atoms with E-state index in [1.807, 2.05) is 38.1 Å². The Morgan fingerprint density at radius 1 is 0.930 bits per heavy atom. The van der Waals surface area contributed by atoms with Gasteiger partial charge in [0.2, 0.25) is 17.7 Å². The first-order valence-electron chi connectivity index (χ1n) is 33.7. The van der Waals surface area contributed by atoms with E-state index in [-0.39, 0.29) is 73.8 Å². The topological polar surface area (TPSA) is 293 Å². The number of pyridine rings is 1. The average molecular weight is 1460 g/mol. The lowest BCUT2D eigenvalue weighted by atomic mass is 9.72. The molecule has 3 saturated heterocycles. The van der Waals surface area contributed by atoms with Gasteiger partial charge in [-0.15, -0.1) is 0 Å². The number of carbonyl (C=O) groups excluding carboxylic acids is 5. The molecule has 3 fully saturated rings. The number of aryl methyl sites for hydroxylation is 1. The quantitative estimate of drug-likeness (QED) is 0.0141. The summed E-state index contributed by atoms with van der Waals surface area (Å²) >= 11 is 13.2. The van der Waals surface area contributed by atoms with Crippen LogP contribution in [0.3, 0.4) is 0 Å². The number of hydrogen-bond donors (Lipinski definition) is 6. The summed E-state index contributed by atoms with van der Waals surface area (Å²) in [6.07, 6.45) is 6.63. The van der Waals surface area contributed by atoms with Crippen LogP contribution in [0, 0.1) is 12.7 Å². The summed E-state index contributed by atoms with van der Waals surface area (Å²) in [5, 5.41) is 21.3. The number of alkyl carbamates (subject to hydrolysis) is 1. The summed E-state index contributed by atoms with van der Waals surface area (Å²) in [6, 6.07) is 13.1. The molecule has 29 heteroatoms. The zero-order chi connectivity index (χ0) is 71.7. The second kappa shape index (κ2) is 35.9. The van der Waals surface area contributed by atoms with Crippen molar-refractivity contribution in [1.29, 1.82) is 0 Å². The molecule has 544 valence electrons. The van der Waals surface area contributed by atoms with Crippen molar-refractivity contribution in [3.05, 3.63) is 106 Å². The number of hydrogen-bond acceptors (Lipinski definition) is 21. The lowest BCUT2D eigenvalue weighted by molar-refractivity contribution is -0.326. The van der Waals surface area contributed by atoms with Crippen LogP contribution in [0.1, 0.15) is 90.2 Å². The van der Waals surface area contributed by atoms with Gasteiger partial charge < -0.3 is 79.1 Å². The summed E-state index contributed by atoms with van der Waals surface area (Å²) in [7, 11) is 7.67. The number of aromatic amines is 1. The molecule has 5 aliphatic heterocycles. The van der Waals surface area contributed by atoms with Crippen LogP contribution < -0.4 is 36.2 Å². The number of aromatic nitrogens is 3. The number of nitrogens with two attached hydrogens (primary N) is 1. The third-order valence-corrected chi connectivity index (χ3v) is 21.1. The van der Waals surface area contributed by atoms with Crippen molar-refractivity contribution in [2.24, 2.45) is 5.73 Å². The van der Waals surface area contributed by atoms with Crippen LogP contribution in [0.15, 0.2) is 78.5 Å². The molecule has 5 aliphatic rings. The Kier molecular flexibility index (Phi) is 27.8. The van der Waals surface area contributed by atoms with Crippen LogP contribution in [-0.2, 0) is 58.8 Å². The number of likely N-dealkylation sites (N-methyl/N-ethyl adjacent to an activating group) is 1. The van der Waals surface area contributed by atoms with E-state index in [0.717, 1.165) is 51.8 Å². The second-order valence-corrected chi connectivity index (χ2v) is 29.6. The highest BCUT2D eigenvalue weighted by atomic mass is 35.5. The van der Waals surface area contributed by atoms with Crippen LogP contribution in [0.2, 0.25) is 10.0 Å². The highest BCUT2D eigenvalue weighted by Crippen LogP contribution is 2.51. The number of aliphatic hydroxyl groups is 1. The van der Waals surface area contributed by atoms with Gasteiger partial charge in [-0.3, -0.25) is 19.7 Å². The minimum Gasteiger partial charge on any atom is -0.495 e. The molecular formula is C71H93Cl2FN10O14S2. The molecule has 0 saturated carbocycles. The van der Waals surface area contributed by atoms with Crippen LogP contribution in [0.5, 0.6) is 5.75 Å². The summed E-state index contributed by atoms with van der Waals surface area (Å²) in [4.78, 5) is 85.8. The number of fused-ring (bicyclic) bond motifs is 7. The van der Waals surface area contributed by atoms with E-state index in [9.17, 15) is 33.5 Å². The van der Waals surface area contributed by atoms with Gasteiger partial charge in [0.1, 0.15) is 63.4 Å². The highest BCUT2D eigenvalue weighted by Gasteiger charge is 2.62. The molecule has 10 rings (SSSR count). The standard InChI is InChI=1S/C71H93Cl2FN10O14S2/c1-44-11-9-10-18-71(90)41-58(97-68(89)81-71)70(5)43-69(4,98-70)57(40-61(87)83(7)55-36-47(33-44)37-56(91-8)63(55)73)96-67(88)46(3)82(6)60(86)17-31-99-100-32-30-95-29-28-94-27-26-93-25-24-92-23-16-59(85)76-19-20-77-65-62(66-79-53-13-12-49(72)39-54(53)80-66)64(84-21-14-51(75)15-22-84)52(42-78-65)48-34-45(2)35-50(74)38-48/h9-13,34-39,42,46,51,57-58,90H,14-33,40-41,43,75H2,1-8H3,(H,76,85)(H,77,78)(H,79,80)(H,81,89)/b10-9+,44-11+/t46-,57+,58?,69-,70?,71-/m1/s1. The normalized spacial score (nSPS) is 22.4. The number of benzene rings is 3. The first kappa shape index (κ1) is 77.4. The van der Waals surface area contributed by atoms with Gasteiger partial charge >= 0.3 is 12.1 Å². The zero-order valence-corrected chi connectivity index (χ0v) is 61.2. The lowest BCUT2D eigenvalue weighted by Crippen LogP contribution is -2.71. The molecular weight excluding hydrogens is 1370 g/mol. The Morgan fingerprint density at radius 2 is 1.63 bits per heavy atom. The minimum atomic E-state index is -1.64. The molecule has 0 spiro atoms. The number of nitrogens with one attached hydrogen (secondary N) is 4. The van der Waals surface area contributed by atoms with E-state index in [1.165, 1.54) is 46.9 Å². The number of H-pyrrole nitrogens is 1. The second-order valence-electron chi connectivity index (χ2n) is 26.1. The molecule has 4 amide bonds. The largest absolute Gasteiger partial charge is 0.495 e. The van der Waals surface area contributed by atoms with Crippen LogP contribution >= 0.6 is 44.8 Å². The number of imidazole rings is 1. The van der Waals surface area contributed by atoms with Crippen molar-refractivity contribution in [3.63, 3.8) is 0 Å². The molecule has 24 nitrogen and oxygen atoms in total. The Balaban J connectivity index is 0.635. The van der Waals surface area contributed by atoms with Gasteiger partial charge in [-0.2, -0.15) is 0 Å². The number of esters is 1. The van der Waals surface area contributed by atoms with Crippen molar-refractivity contribution in [3.8, 4) is 28.3 Å². The number of halogens is 3. The summed E-state index contributed by atoms with van der Waals surface area (Å²) in [6.45, 7) is 13.7. The van der Waals surface area contributed by atoms with Gasteiger partial charge in [-0.1, -0.05) is 74.7 Å². The van der Waals surface area contributed by atoms with Crippen LogP contribution in [-0.4, -0.2) is 208 Å². The number of allylic oxidation sites excluding steroid dienone is 3. The molecule has 0 radical (unpaired) electrons. The summed E-state index contributed by atoms with van der Waals surface area (Å²) in [5.41, 5.74) is 9.77. The highest BCUT2D eigenvalue weighted by molar-refractivity contribution is 8.76. The number of rotatable bonds is 30. The van der Waals surface area contributed by atoms with Crippen molar-refractivity contribution in [2.75, 3.05) is 127 Å².